The number of aromatic nitrogens is 6. The molecule has 1 aromatic carbocycles. The van der Waals surface area contributed by atoms with Crippen molar-refractivity contribution in [2.75, 3.05) is 5.75 Å². The van der Waals surface area contributed by atoms with Gasteiger partial charge in [0.05, 0.1) is 22.6 Å². The Bertz CT molecular complexity index is 1340. The van der Waals surface area contributed by atoms with E-state index in [1.54, 1.807) is 37.5 Å². The summed E-state index contributed by atoms with van der Waals surface area (Å²) in [6.45, 7) is -0.176. The van der Waals surface area contributed by atoms with Crippen molar-refractivity contribution in [2.24, 2.45) is 7.05 Å². The summed E-state index contributed by atoms with van der Waals surface area (Å²) in [6.07, 6.45) is 4.83. The minimum Gasteiger partial charge on any atom is -0.337 e. The first-order chi connectivity index (χ1) is 14.9. The molecule has 0 fully saturated rings. The van der Waals surface area contributed by atoms with Gasteiger partial charge in [0.1, 0.15) is 6.54 Å². The summed E-state index contributed by atoms with van der Waals surface area (Å²) in [7, 11) is 0.299. The molecule has 3 aromatic heterocycles. The lowest BCUT2D eigenvalue weighted by molar-refractivity contribution is 0.362. The van der Waals surface area contributed by atoms with Crippen molar-refractivity contribution >= 4 is 22.4 Å². The molecule has 0 aliphatic heterocycles. The number of aryl methyl sites for hydroxylation is 2. The van der Waals surface area contributed by atoms with Crippen LogP contribution in [0.1, 0.15) is 11.7 Å². The number of hydrogen-bond acceptors (Lipinski definition) is 7. The average Bonchev–Trinajstić information content (AvgIpc) is 3.45. The topological polar surface area (TPSA) is 129 Å². The highest BCUT2D eigenvalue weighted by Crippen LogP contribution is 2.14. The summed E-state index contributed by atoms with van der Waals surface area (Å²) in [5.74, 6) is 0.738. The molecule has 1 atom stereocenters. The molecule has 3 heterocycles. The first-order valence-corrected chi connectivity index (χ1v) is 10.9. The maximum Gasteiger partial charge on any atom is 0.331 e. The molecule has 0 aliphatic carbocycles. The van der Waals surface area contributed by atoms with E-state index in [1.165, 1.54) is 17.0 Å². The normalized spacial score (nSPS) is 12.2. The zero-order valence-electron chi connectivity index (χ0n) is 16.3. The molecule has 0 radical (unpaired) electrons. The van der Waals surface area contributed by atoms with E-state index < -0.39 is 22.0 Å². The number of halogens is 1. The molecule has 0 saturated carbocycles. The van der Waals surface area contributed by atoms with Gasteiger partial charge in [0.25, 0.3) is 5.56 Å². The van der Waals surface area contributed by atoms with Crippen molar-refractivity contribution < 1.29 is 8.73 Å². The highest BCUT2D eigenvalue weighted by molar-refractivity contribution is 7.85. The van der Waals surface area contributed by atoms with E-state index in [1.807, 2.05) is 0 Å². The van der Waals surface area contributed by atoms with Gasteiger partial charge in [0.2, 0.25) is 5.89 Å². The van der Waals surface area contributed by atoms with Crippen LogP contribution in [0.2, 0.25) is 5.02 Å². The fourth-order valence-corrected chi connectivity index (χ4v) is 4.11. The SMILES string of the molecule is Cn1cc(-c2cn[nH]c2)c(=O)n(Cc2nc(CCS(=O)c3ccc(Cl)cc3)no2)c1=O. The molecule has 0 amide bonds. The van der Waals surface area contributed by atoms with Crippen LogP contribution in [0.5, 0.6) is 0 Å². The number of H-pyrrole nitrogens is 1. The molecule has 1 unspecified atom stereocenters. The third-order valence-corrected chi connectivity index (χ3v) is 6.16. The predicted molar refractivity (Wildman–Crippen MR) is 113 cm³/mol. The Morgan fingerprint density at radius 1 is 1.23 bits per heavy atom. The Kier molecular flexibility index (Phi) is 5.96. The third-order valence-electron chi connectivity index (χ3n) is 4.53. The van der Waals surface area contributed by atoms with Gasteiger partial charge in [-0.05, 0) is 24.3 Å². The molecule has 160 valence electrons. The van der Waals surface area contributed by atoms with Gasteiger partial charge in [-0.2, -0.15) is 10.1 Å². The highest BCUT2D eigenvalue weighted by atomic mass is 35.5. The Morgan fingerprint density at radius 3 is 2.71 bits per heavy atom. The number of rotatable bonds is 7. The molecule has 0 bridgehead atoms. The number of nitrogens with zero attached hydrogens (tertiary/aromatic N) is 5. The van der Waals surface area contributed by atoms with Crippen LogP contribution in [0, 0.1) is 0 Å². The minimum absolute atomic E-state index is 0.107. The van der Waals surface area contributed by atoms with Gasteiger partial charge in [-0.15, -0.1) is 0 Å². The second-order valence-corrected chi connectivity index (χ2v) is 8.68. The molecule has 0 spiro atoms. The molecule has 0 aliphatic rings. The van der Waals surface area contributed by atoms with Crippen molar-refractivity contribution in [3.05, 3.63) is 80.4 Å². The summed E-state index contributed by atoms with van der Waals surface area (Å²) < 4.78 is 19.9. The van der Waals surface area contributed by atoms with Gasteiger partial charge < -0.3 is 9.09 Å². The Labute approximate surface area is 183 Å². The second kappa shape index (κ2) is 8.82. The van der Waals surface area contributed by atoms with Gasteiger partial charge in [0, 0.05) is 47.1 Å². The smallest absolute Gasteiger partial charge is 0.331 e. The highest BCUT2D eigenvalue weighted by Gasteiger charge is 2.16. The molecule has 0 saturated heterocycles. The van der Waals surface area contributed by atoms with Crippen LogP contribution in [0.3, 0.4) is 0 Å². The first kappa shape index (κ1) is 20.9. The van der Waals surface area contributed by atoms with Gasteiger partial charge >= 0.3 is 5.69 Å². The van der Waals surface area contributed by atoms with E-state index in [9.17, 15) is 13.8 Å². The average molecular weight is 461 g/mol. The summed E-state index contributed by atoms with van der Waals surface area (Å²) >= 11 is 5.85. The van der Waals surface area contributed by atoms with Crippen molar-refractivity contribution in [1.29, 1.82) is 0 Å². The van der Waals surface area contributed by atoms with E-state index in [2.05, 4.69) is 20.3 Å². The molecule has 4 aromatic rings. The first-order valence-electron chi connectivity index (χ1n) is 9.17. The van der Waals surface area contributed by atoms with Crippen LogP contribution >= 0.6 is 11.6 Å². The van der Waals surface area contributed by atoms with Crippen LogP contribution in [-0.4, -0.2) is 39.4 Å². The maximum atomic E-state index is 12.8. The molecule has 10 nitrogen and oxygen atoms in total. The molecule has 1 N–H and O–H groups in total. The lowest BCUT2D eigenvalue weighted by atomic mass is 10.2. The molecular formula is C19H17ClN6O4S. The Morgan fingerprint density at radius 2 is 2.00 bits per heavy atom. The second-order valence-electron chi connectivity index (χ2n) is 6.67. The van der Waals surface area contributed by atoms with Crippen molar-refractivity contribution in [1.82, 2.24) is 29.5 Å². The number of nitrogens with one attached hydrogen (secondary N) is 1. The van der Waals surface area contributed by atoms with Crippen LogP contribution in [-0.2, 0) is 30.8 Å². The van der Waals surface area contributed by atoms with E-state index >= 15 is 0 Å². The van der Waals surface area contributed by atoms with Crippen molar-refractivity contribution in [3.63, 3.8) is 0 Å². The van der Waals surface area contributed by atoms with Gasteiger partial charge in [-0.1, -0.05) is 16.8 Å². The van der Waals surface area contributed by atoms with Gasteiger partial charge in [-0.25, -0.2) is 4.79 Å². The lowest BCUT2D eigenvalue weighted by Gasteiger charge is -2.07. The summed E-state index contributed by atoms with van der Waals surface area (Å²) in [5.41, 5.74) is -0.131. The Hall–Kier alpha value is -3.31. The van der Waals surface area contributed by atoms with Gasteiger partial charge in [-0.3, -0.25) is 18.7 Å². The largest absolute Gasteiger partial charge is 0.337 e. The van der Waals surface area contributed by atoms with Crippen LogP contribution in [0.25, 0.3) is 11.1 Å². The molecule has 31 heavy (non-hydrogen) atoms. The minimum atomic E-state index is -1.25. The predicted octanol–water partition coefficient (Wildman–Crippen LogP) is 1.37. The summed E-state index contributed by atoms with van der Waals surface area (Å²) in [4.78, 5) is 30.2. The van der Waals surface area contributed by atoms with Crippen molar-refractivity contribution in [2.45, 2.75) is 17.9 Å². The molecular weight excluding hydrogens is 444 g/mol. The maximum absolute atomic E-state index is 12.8. The van der Waals surface area contributed by atoms with E-state index in [-0.39, 0.29) is 18.2 Å². The van der Waals surface area contributed by atoms with Gasteiger partial charge in [0.15, 0.2) is 5.82 Å². The zero-order valence-corrected chi connectivity index (χ0v) is 17.9. The number of aromatic amines is 1. The zero-order chi connectivity index (χ0) is 22.0. The standard InChI is InChI=1S/C19H17ClN6O4S/c1-25-10-15(12-8-21-22-9-12)18(27)26(19(25)28)11-17-23-16(24-30-17)6-7-31(29)14-4-2-13(20)3-5-14/h2-5,8-10H,6-7,11H2,1H3,(H,21,22). The lowest BCUT2D eigenvalue weighted by Crippen LogP contribution is -2.39. The number of hydrogen-bond donors (Lipinski definition) is 1. The Balaban J connectivity index is 1.50. The summed E-state index contributed by atoms with van der Waals surface area (Å²) in [6, 6.07) is 6.76. The van der Waals surface area contributed by atoms with Crippen LogP contribution < -0.4 is 11.2 Å². The molecule has 4 rings (SSSR count). The summed E-state index contributed by atoms with van der Waals surface area (Å²) in [5, 5.41) is 10.9. The monoisotopic (exact) mass is 460 g/mol. The quantitative estimate of drug-likeness (QED) is 0.441. The number of benzene rings is 1. The molecule has 12 heteroatoms. The van der Waals surface area contributed by atoms with Crippen LogP contribution in [0.15, 0.2) is 61.9 Å². The van der Waals surface area contributed by atoms with Crippen LogP contribution in [0.4, 0.5) is 0 Å². The van der Waals surface area contributed by atoms with Crippen molar-refractivity contribution in [3.8, 4) is 11.1 Å². The fraction of sp³-hybridized carbons (Fsp3) is 0.211. The van der Waals surface area contributed by atoms with E-state index in [0.717, 1.165) is 4.57 Å². The third kappa shape index (κ3) is 4.57. The fourth-order valence-electron chi connectivity index (χ4n) is 2.94. The van der Waals surface area contributed by atoms with E-state index in [4.69, 9.17) is 16.1 Å². The van der Waals surface area contributed by atoms with E-state index in [0.29, 0.717) is 33.3 Å².